The van der Waals surface area contributed by atoms with Crippen molar-refractivity contribution < 1.29 is 22.8 Å². The van der Waals surface area contributed by atoms with Gasteiger partial charge < -0.3 is 0 Å². The first kappa shape index (κ1) is 11.2. The Morgan fingerprint density at radius 3 is 2.21 bits per heavy atom. The predicted molar refractivity (Wildman–Crippen MR) is 42.6 cm³/mol. The molecule has 0 heterocycles. The Balaban J connectivity index is 3.03. The van der Waals surface area contributed by atoms with E-state index in [9.17, 15) is 22.8 Å². The number of hydrogen-bond donors (Lipinski definition) is 0. The second kappa shape index (κ2) is 3.07. The molecule has 1 fully saturated rings. The summed E-state index contributed by atoms with van der Waals surface area (Å²) in [5.41, 5.74) is -1.47. The van der Waals surface area contributed by atoms with E-state index in [2.05, 4.69) is 0 Å². The van der Waals surface area contributed by atoms with Gasteiger partial charge in [0.25, 0.3) is 0 Å². The van der Waals surface area contributed by atoms with Crippen LogP contribution in [0.2, 0.25) is 0 Å². The zero-order valence-electron chi connectivity index (χ0n) is 7.94. The molecule has 0 radical (unpaired) electrons. The van der Waals surface area contributed by atoms with E-state index in [0.29, 0.717) is 0 Å². The van der Waals surface area contributed by atoms with E-state index in [0.717, 1.165) is 0 Å². The Hall–Kier alpha value is -0.870. The standard InChI is InChI=1S/C9H11F3O2/c1-8(2)6(9(10,11)12)3-5(13)4-7(8)14/h6H,3-4H2,1-2H3. The molecule has 0 aromatic heterocycles. The lowest BCUT2D eigenvalue weighted by molar-refractivity contribution is -0.210. The van der Waals surface area contributed by atoms with Crippen molar-refractivity contribution >= 4 is 11.6 Å². The molecule has 14 heavy (non-hydrogen) atoms. The van der Waals surface area contributed by atoms with Crippen LogP contribution >= 0.6 is 0 Å². The molecule has 0 bridgehead atoms. The number of Topliss-reactive ketones (excluding diaryl/α,β-unsaturated/α-hetero) is 2. The molecule has 5 heteroatoms. The molecule has 1 aliphatic carbocycles. The van der Waals surface area contributed by atoms with Gasteiger partial charge in [0.1, 0.15) is 11.6 Å². The number of ketones is 2. The van der Waals surface area contributed by atoms with Crippen molar-refractivity contribution in [1.29, 1.82) is 0 Å². The summed E-state index contributed by atoms with van der Waals surface area (Å²) in [4.78, 5) is 22.2. The van der Waals surface area contributed by atoms with Gasteiger partial charge >= 0.3 is 6.18 Å². The van der Waals surface area contributed by atoms with Crippen molar-refractivity contribution in [2.24, 2.45) is 11.3 Å². The molecule has 0 amide bonds. The average Bonchev–Trinajstić information content (AvgIpc) is 1.95. The number of alkyl halides is 3. The van der Waals surface area contributed by atoms with Gasteiger partial charge in [0, 0.05) is 11.8 Å². The largest absolute Gasteiger partial charge is 0.393 e. The van der Waals surface area contributed by atoms with Gasteiger partial charge in [0.15, 0.2) is 0 Å². The zero-order valence-corrected chi connectivity index (χ0v) is 7.94. The summed E-state index contributed by atoms with van der Waals surface area (Å²) >= 11 is 0. The fourth-order valence-corrected chi connectivity index (χ4v) is 1.68. The number of hydrogen-bond acceptors (Lipinski definition) is 2. The minimum atomic E-state index is -4.48. The summed E-state index contributed by atoms with van der Waals surface area (Å²) in [5, 5.41) is 0. The fourth-order valence-electron chi connectivity index (χ4n) is 1.68. The van der Waals surface area contributed by atoms with Crippen LogP contribution in [0.1, 0.15) is 26.7 Å². The first-order valence-electron chi connectivity index (χ1n) is 4.27. The smallest absolute Gasteiger partial charge is 0.299 e. The molecule has 1 rings (SSSR count). The van der Waals surface area contributed by atoms with E-state index in [1.807, 2.05) is 0 Å². The number of carbonyl (C=O) groups excluding carboxylic acids is 2. The highest BCUT2D eigenvalue weighted by molar-refractivity contribution is 6.04. The molecule has 2 nitrogen and oxygen atoms in total. The molecule has 1 aliphatic rings. The summed E-state index contributed by atoms with van der Waals surface area (Å²) < 4.78 is 37.4. The summed E-state index contributed by atoms with van der Waals surface area (Å²) in [7, 11) is 0. The highest BCUT2D eigenvalue weighted by atomic mass is 19.4. The zero-order chi connectivity index (χ0) is 11.1. The molecular weight excluding hydrogens is 197 g/mol. The van der Waals surface area contributed by atoms with Gasteiger partial charge in [-0.1, -0.05) is 13.8 Å². The second-order valence-corrected chi connectivity index (χ2v) is 4.16. The van der Waals surface area contributed by atoms with Gasteiger partial charge in [-0.15, -0.1) is 0 Å². The van der Waals surface area contributed by atoms with Crippen molar-refractivity contribution in [2.45, 2.75) is 32.9 Å². The van der Waals surface area contributed by atoms with E-state index >= 15 is 0 Å². The van der Waals surface area contributed by atoms with Crippen molar-refractivity contribution in [1.82, 2.24) is 0 Å². The van der Waals surface area contributed by atoms with Crippen molar-refractivity contribution in [3.05, 3.63) is 0 Å². The molecule has 0 N–H and O–H groups in total. The van der Waals surface area contributed by atoms with E-state index in [-0.39, 0.29) is 6.42 Å². The Morgan fingerprint density at radius 2 is 1.79 bits per heavy atom. The average molecular weight is 208 g/mol. The summed E-state index contributed by atoms with van der Waals surface area (Å²) in [6.45, 7) is 2.50. The van der Waals surface area contributed by atoms with Crippen LogP contribution in [0, 0.1) is 11.3 Å². The van der Waals surface area contributed by atoms with Gasteiger partial charge in [-0.05, 0) is 0 Å². The highest BCUT2D eigenvalue weighted by Gasteiger charge is 2.55. The van der Waals surface area contributed by atoms with Crippen LogP contribution in [0.5, 0.6) is 0 Å². The maximum Gasteiger partial charge on any atom is 0.393 e. The molecule has 0 aliphatic heterocycles. The van der Waals surface area contributed by atoms with Crippen molar-refractivity contribution in [3.63, 3.8) is 0 Å². The topological polar surface area (TPSA) is 34.1 Å². The maximum absolute atomic E-state index is 12.5. The van der Waals surface area contributed by atoms with E-state index in [4.69, 9.17) is 0 Å². The maximum atomic E-state index is 12.5. The molecule has 1 unspecified atom stereocenters. The summed E-state index contributed by atoms with van der Waals surface area (Å²) in [5.74, 6) is -3.06. The minimum Gasteiger partial charge on any atom is -0.299 e. The number of carbonyl (C=O) groups is 2. The van der Waals surface area contributed by atoms with Crippen LogP contribution < -0.4 is 0 Å². The Bertz CT molecular complexity index is 278. The van der Waals surface area contributed by atoms with Gasteiger partial charge in [-0.25, -0.2) is 0 Å². The van der Waals surface area contributed by atoms with Gasteiger partial charge in [-0.3, -0.25) is 9.59 Å². The van der Waals surface area contributed by atoms with Crippen LogP contribution in [0.25, 0.3) is 0 Å². The number of rotatable bonds is 0. The fraction of sp³-hybridized carbons (Fsp3) is 0.778. The lowest BCUT2D eigenvalue weighted by atomic mass is 9.67. The van der Waals surface area contributed by atoms with E-state index in [1.165, 1.54) is 13.8 Å². The molecule has 1 saturated carbocycles. The molecular formula is C9H11F3O2. The molecule has 0 aromatic carbocycles. The SMILES string of the molecule is CC1(C)C(=O)CC(=O)CC1C(F)(F)F. The number of halogens is 3. The van der Waals surface area contributed by atoms with Gasteiger partial charge in [0.05, 0.1) is 12.3 Å². The molecule has 0 spiro atoms. The quantitative estimate of drug-likeness (QED) is 0.571. The lowest BCUT2D eigenvalue weighted by Crippen LogP contribution is -2.47. The molecule has 0 aromatic rings. The van der Waals surface area contributed by atoms with Gasteiger partial charge in [-0.2, -0.15) is 13.2 Å². The van der Waals surface area contributed by atoms with Crippen molar-refractivity contribution in [3.8, 4) is 0 Å². The normalized spacial score (nSPS) is 27.9. The molecule has 1 atom stereocenters. The lowest BCUT2D eigenvalue weighted by Gasteiger charge is -2.37. The summed E-state index contributed by atoms with van der Waals surface area (Å²) in [6.07, 6.45) is -5.41. The Labute approximate surface area is 79.5 Å². The molecule has 0 saturated heterocycles. The van der Waals surface area contributed by atoms with Crippen LogP contribution in [0.4, 0.5) is 13.2 Å². The third-order valence-corrected chi connectivity index (χ3v) is 2.77. The summed E-state index contributed by atoms with van der Waals surface area (Å²) in [6, 6.07) is 0. The Kier molecular flexibility index (Phi) is 2.46. The second-order valence-electron chi connectivity index (χ2n) is 4.16. The monoisotopic (exact) mass is 208 g/mol. The highest BCUT2D eigenvalue weighted by Crippen LogP contribution is 2.45. The first-order chi connectivity index (χ1) is 6.15. The third kappa shape index (κ3) is 1.81. The predicted octanol–water partition coefficient (Wildman–Crippen LogP) is 2.12. The van der Waals surface area contributed by atoms with Crippen molar-refractivity contribution in [2.75, 3.05) is 0 Å². The van der Waals surface area contributed by atoms with E-state index in [1.54, 1.807) is 0 Å². The van der Waals surface area contributed by atoms with Crippen LogP contribution in [0.15, 0.2) is 0 Å². The van der Waals surface area contributed by atoms with E-state index < -0.39 is 35.5 Å². The van der Waals surface area contributed by atoms with Crippen LogP contribution in [0.3, 0.4) is 0 Å². The first-order valence-corrected chi connectivity index (χ1v) is 4.27. The molecule has 80 valence electrons. The third-order valence-electron chi connectivity index (χ3n) is 2.77. The minimum absolute atomic E-state index is 0.362. The van der Waals surface area contributed by atoms with Crippen LogP contribution in [-0.2, 0) is 9.59 Å². The van der Waals surface area contributed by atoms with Crippen LogP contribution in [-0.4, -0.2) is 17.7 Å². The Morgan fingerprint density at radius 1 is 1.29 bits per heavy atom. The van der Waals surface area contributed by atoms with Gasteiger partial charge in [0.2, 0.25) is 0 Å².